The molecule has 0 spiro atoms. The summed E-state index contributed by atoms with van der Waals surface area (Å²) in [6.45, 7) is 5.65. The van der Waals surface area contributed by atoms with Crippen molar-refractivity contribution in [3.05, 3.63) is 30.3 Å². The van der Waals surface area contributed by atoms with E-state index in [4.69, 9.17) is 0 Å². The third-order valence-corrected chi connectivity index (χ3v) is 5.24. The highest BCUT2D eigenvalue weighted by Gasteiger charge is 2.29. The minimum atomic E-state index is -0.285. The second kappa shape index (κ2) is 10.7. The van der Waals surface area contributed by atoms with Crippen LogP contribution in [0.1, 0.15) is 39.5 Å². The number of likely N-dealkylation sites (N-methyl/N-ethyl adjacent to an activating group) is 1. The molecular weight excluding hydrogens is 356 g/mol. The summed E-state index contributed by atoms with van der Waals surface area (Å²) in [5.41, 5.74) is 0.720. The quantitative estimate of drug-likeness (QED) is 0.814. The Labute approximate surface area is 167 Å². The molecule has 7 heteroatoms. The number of hydrogen-bond donors (Lipinski definition) is 2. The molecule has 1 heterocycles. The first-order valence-electron chi connectivity index (χ1n) is 10.1. The molecule has 1 aliphatic rings. The first kappa shape index (κ1) is 21.7. The first-order chi connectivity index (χ1) is 13.4. The number of carbonyl (C=O) groups excluding carboxylic acids is 3. The fourth-order valence-electron chi connectivity index (χ4n) is 3.60. The summed E-state index contributed by atoms with van der Waals surface area (Å²) in [5.74, 6) is -0.283. The number of anilines is 1. The van der Waals surface area contributed by atoms with Crippen LogP contribution in [0.2, 0.25) is 0 Å². The number of benzene rings is 1. The smallest absolute Gasteiger partial charge is 0.319 e. The summed E-state index contributed by atoms with van der Waals surface area (Å²) in [5, 5.41) is 5.77. The Morgan fingerprint density at radius 2 is 1.82 bits per heavy atom. The predicted octanol–water partition coefficient (Wildman–Crippen LogP) is 2.69. The van der Waals surface area contributed by atoms with Crippen molar-refractivity contribution in [1.82, 2.24) is 15.1 Å². The van der Waals surface area contributed by atoms with Crippen LogP contribution in [0.4, 0.5) is 10.5 Å². The molecule has 2 rings (SSSR count). The van der Waals surface area contributed by atoms with Gasteiger partial charge in [-0.2, -0.15) is 0 Å². The zero-order valence-corrected chi connectivity index (χ0v) is 17.1. The van der Waals surface area contributed by atoms with Crippen molar-refractivity contribution in [3.8, 4) is 0 Å². The van der Waals surface area contributed by atoms with E-state index >= 15 is 0 Å². The summed E-state index contributed by atoms with van der Waals surface area (Å²) in [7, 11) is 1.73. The molecular formula is C21H32N4O3. The van der Waals surface area contributed by atoms with Gasteiger partial charge in [-0.15, -0.1) is 0 Å². The van der Waals surface area contributed by atoms with E-state index in [0.29, 0.717) is 26.1 Å². The zero-order chi connectivity index (χ0) is 20.5. The van der Waals surface area contributed by atoms with Crippen molar-refractivity contribution in [2.75, 3.05) is 32.0 Å². The summed E-state index contributed by atoms with van der Waals surface area (Å²) in [6, 6.07) is 8.80. The van der Waals surface area contributed by atoms with Crippen molar-refractivity contribution >= 4 is 23.5 Å². The number of carbonyl (C=O) groups is 3. The van der Waals surface area contributed by atoms with E-state index < -0.39 is 0 Å². The molecule has 0 aromatic heterocycles. The van der Waals surface area contributed by atoms with Crippen LogP contribution in [0.25, 0.3) is 0 Å². The fourth-order valence-corrected chi connectivity index (χ4v) is 3.60. The molecule has 0 radical (unpaired) electrons. The molecule has 4 amide bonds. The minimum absolute atomic E-state index is 0.0531. The third-order valence-electron chi connectivity index (χ3n) is 5.24. The van der Waals surface area contributed by atoms with Crippen molar-refractivity contribution in [1.29, 1.82) is 0 Å². The standard InChI is InChI=1S/C21H32N4O3/c1-4-25(5-2)20(27)16-10-9-13-18(15-24(3)19(26)14-16)23-21(28)22-17-11-7-6-8-12-17/h6-8,11-12,16,18H,4-5,9-10,13-15H2,1-3H3,(H2,22,23,28)/t16-,18-/m1/s1. The number of amides is 4. The van der Waals surface area contributed by atoms with Gasteiger partial charge in [-0.3, -0.25) is 9.59 Å². The van der Waals surface area contributed by atoms with Crippen LogP contribution in [0.5, 0.6) is 0 Å². The number of nitrogens with one attached hydrogen (secondary N) is 2. The molecule has 0 aliphatic carbocycles. The molecule has 0 unspecified atom stereocenters. The number of rotatable bonds is 5. The maximum absolute atomic E-state index is 12.7. The average Bonchev–Trinajstić information content (AvgIpc) is 2.74. The molecule has 28 heavy (non-hydrogen) atoms. The van der Waals surface area contributed by atoms with Crippen LogP contribution in [-0.2, 0) is 9.59 Å². The number of para-hydroxylation sites is 1. The van der Waals surface area contributed by atoms with Gasteiger partial charge >= 0.3 is 6.03 Å². The lowest BCUT2D eigenvalue weighted by Crippen LogP contribution is -2.45. The molecule has 1 aromatic carbocycles. The van der Waals surface area contributed by atoms with Crippen LogP contribution < -0.4 is 10.6 Å². The Morgan fingerprint density at radius 1 is 1.14 bits per heavy atom. The molecule has 1 aromatic rings. The number of hydrogen-bond acceptors (Lipinski definition) is 3. The largest absolute Gasteiger partial charge is 0.344 e. The minimum Gasteiger partial charge on any atom is -0.344 e. The van der Waals surface area contributed by atoms with Gasteiger partial charge in [-0.05, 0) is 38.8 Å². The highest BCUT2D eigenvalue weighted by atomic mass is 16.2. The second-order valence-electron chi connectivity index (χ2n) is 7.28. The molecule has 1 saturated heterocycles. The average molecular weight is 389 g/mol. The summed E-state index contributed by atoms with van der Waals surface area (Å²) in [6.07, 6.45) is 2.40. The van der Waals surface area contributed by atoms with Crippen LogP contribution in [0.15, 0.2) is 30.3 Å². The van der Waals surface area contributed by atoms with E-state index in [2.05, 4.69) is 10.6 Å². The van der Waals surface area contributed by atoms with Crippen LogP contribution in [0.3, 0.4) is 0 Å². The lowest BCUT2D eigenvalue weighted by atomic mass is 9.95. The van der Waals surface area contributed by atoms with Gasteiger partial charge in [0.05, 0.1) is 0 Å². The molecule has 0 bridgehead atoms. The SMILES string of the molecule is CCN(CC)C(=O)[C@@H]1CCC[C@@H](NC(=O)Nc2ccccc2)CN(C)C(=O)C1. The molecule has 154 valence electrons. The summed E-state index contributed by atoms with van der Waals surface area (Å²) in [4.78, 5) is 41.0. The lowest BCUT2D eigenvalue weighted by Gasteiger charge is -2.26. The van der Waals surface area contributed by atoms with Gasteiger partial charge in [-0.1, -0.05) is 24.6 Å². The van der Waals surface area contributed by atoms with Gasteiger partial charge in [0.15, 0.2) is 0 Å². The van der Waals surface area contributed by atoms with Gasteiger partial charge in [0.25, 0.3) is 0 Å². The maximum atomic E-state index is 12.7. The lowest BCUT2D eigenvalue weighted by molar-refractivity contribution is -0.140. The van der Waals surface area contributed by atoms with Crippen LogP contribution >= 0.6 is 0 Å². The summed E-state index contributed by atoms with van der Waals surface area (Å²) >= 11 is 0. The molecule has 2 atom stereocenters. The van der Waals surface area contributed by atoms with Crippen molar-refractivity contribution < 1.29 is 14.4 Å². The third kappa shape index (κ3) is 6.25. The van der Waals surface area contributed by atoms with Crippen LogP contribution in [0, 0.1) is 5.92 Å². The molecule has 7 nitrogen and oxygen atoms in total. The van der Waals surface area contributed by atoms with Crippen molar-refractivity contribution in [2.45, 2.75) is 45.6 Å². The van der Waals surface area contributed by atoms with E-state index in [-0.39, 0.29) is 36.2 Å². The normalized spacial score (nSPS) is 20.5. The van der Waals surface area contributed by atoms with E-state index in [0.717, 1.165) is 18.5 Å². The van der Waals surface area contributed by atoms with Gasteiger partial charge < -0.3 is 20.4 Å². The fraction of sp³-hybridized carbons (Fsp3) is 0.571. The number of nitrogens with zero attached hydrogens (tertiary/aromatic N) is 2. The highest BCUT2D eigenvalue weighted by Crippen LogP contribution is 2.21. The Kier molecular flexibility index (Phi) is 8.29. The van der Waals surface area contributed by atoms with Crippen molar-refractivity contribution in [3.63, 3.8) is 0 Å². The van der Waals surface area contributed by atoms with E-state index in [1.807, 2.05) is 44.2 Å². The van der Waals surface area contributed by atoms with Gasteiger partial charge in [0.1, 0.15) is 0 Å². The Balaban J connectivity index is 1.98. The van der Waals surface area contributed by atoms with Crippen LogP contribution in [-0.4, -0.2) is 60.4 Å². The predicted molar refractivity (Wildman–Crippen MR) is 110 cm³/mol. The molecule has 1 fully saturated rings. The maximum Gasteiger partial charge on any atom is 0.319 e. The van der Waals surface area contributed by atoms with E-state index in [1.54, 1.807) is 16.8 Å². The Bertz CT molecular complexity index is 661. The van der Waals surface area contributed by atoms with Gasteiger partial charge in [-0.25, -0.2) is 4.79 Å². The van der Waals surface area contributed by atoms with E-state index in [9.17, 15) is 14.4 Å². The molecule has 1 aliphatic heterocycles. The second-order valence-corrected chi connectivity index (χ2v) is 7.28. The Morgan fingerprint density at radius 3 is 2.46 bits per heavy atom. The molecule has 0 saturated carbocycles. The van der Waals surface area contributed by atoms with Crippen molar-refractivity contribution in [2.24, 2.45) is 5.92 Å². The van der Waals surface area contributed by atoms with Gasteiger partial charge in [0, 0.05) is 50.7 Å². The molecule has 2 N–H and O–H groups in total. The highest BCUT2D eigenvalue weighted by molar-refractivity contribution is 5.89. The van der Waals surface area contributed by atoms with E-state index in [1.165, 1.54) is 0 Å². The Hall–Kier alpha value is -2.57. The zero-order valence-electron chi connectivity index (χ0n) is 17.1. The number of urea groups is 1. The van der Waals surface area contributed by atoms with Gasteiger partial charge in [0.2, 0.25) is 11.8 Å². The monoisotopic (exact) mass is 388 g/mol. The topological polar surface area (TPSA) is 81.8 Å². The summed E-state index contributed by atoms with van der Waals surface area (Å²) < 4.78 is 0. The first-order valence-corrected chi connectivity index (χ1v) is 10.1.